The highest BCUT2D eigenvalue weighted by Gasteiger charge is 2.11. The number of hydrazone groups is 1. The van der Waals surface area contributed by atoms with Crippen molar-refractivity contribution in [3.05, 3.63) is 126 Å². The predicted octanol–water partition coefficient (Wildman–Crippen LogP) is 4.87. The first kappa shape index (κ1) is 25.5. The third-order valence-electron chi connectivity index (χ3n) is 5.47. The molecule has 5 N–H and O–H groups in total. The summed E-state index contributed by atoms with van der Waals surface area (Å²) < 4.78 is 23.2. The lowest BCUT2D eigenvalue weighted by Gasteiger charge is -2.11. The number of nitrogens with two attached hydrogens (primary N) is 1. The van der Waals surface area contributed by atoms with Gasteiger partial charge in [-0.1, -0.05) is 78.9 Å². The quantitative estimate of drug-likeness (QED) is 0.154. The molecule has 194 valence electrons. The molecule has 0 bridgehead atoms. The van der Waals surface area contributed by atoms with Crippen LogP contribution in [0.3, 0.4) is 0 Å². The molecule has 5 rings (SSSR count). The van der Waals surface area contributed by atoms with Gasteiger partial charge in [0.1, 0.15) is 0 Å². The zero-order valence-electron chi connectivity index (χ0n) is 20.6. The number of aromatic nitrogens is 3. The van der Waals surface area contributed by atoms with Crippen molar-refractivity contribution in [3.63, 3.8) is 0 Å². The van der Waals surface area contributed by atoms with E-state index in [1.807, 2.05) is 91.0 Å². The molecule has 4 aromatic carbocycles. The normalized spacial score (nSPS) is 10.9. The first-order chi connectivity index (χ1) is 18.9. The summed E-state index contributed by atoms with van der Waals surface area (Å²) in [6.07, 6.45) is 0. The molecule has 0 aliphatic carbocycles. The second kappa shape index (κ2) is 11.5. The third-order valence-corrected chi connectivity index (χ3v) is 6.40. The standard InChI is InChI=1S/C28H24N8O2S/c29-39(37,38)24-18-16-23(17-19-24)31-27-32-26(30-22-14-8-3-9-15-22)33-28(34-27)36-35-25(20-10-4-1-5-11-20)21-12-6-2-7-13-21/h1-19H,(H2,29,37,38)(H3,30,31,32,33,34,36). The zero-order valence-corrected chi connectivity index (χ0v) is 21.4. The van der Waals surface area contributed by atoms with E-state index < -0.39 is 10.0 Å². The van der Waals surface area contributed by atoms with E-state index in [-0.39, 0.29) is 22.7 Å². The van der Waals surface area contributed by atoms with E-state index in [9.17, 15) is 8.42 Å². The maximum atomic E-state index is 11.6. The van der Waals surface area contributed by atoms with Crippen LogP contribution in [-0.2, 0) is 10.0 Å². The molecule has 1 heterocycles. The van der Waals surface area contributed by atoms with Gasteiger partial charge in [0.2, 0.25) is 27.9 Å². The van der Waals surface area contributed by atoms with E-state index in [1.165, 1.54) is 12.1 Å². The number of nitrogens with one attached hydrogen (secondary N) is 3. The van der Waals surface area contributed by atoms with Gasteiger partial charge >= 0.3 is 0 Å². The van der Waals surface area contributed by atoms with Crippen molar-refractivity contribution in [2.45, 2.75) is 4.90 Å². The molecule has 39 heavy (non-hydrogen) atoms. The van der Waals surface area contributed by atoms with Gasteiger partial charge in [0, 0.05) is 22.5 Å². The molecular weight excluding hydrogens is 512 g/mol. The molecule has 0 fully saturated rings. The third kappa shape index (κ3) is 6.80. The van der Waals surface area contributed by atoms with Crippen LogP contribution in [0.1, 0.15) is 11.1 Å². The summed E-state index contributed by atoms with van der Waals surface area (Å²) in [5, 5.41) is 16.1. The highest BCUT2D eigenvalue weighted by atomic mass is 32.2. The van der Waals surface area contributed by atoms with Crippen LogP contribution in [0.2, 0.25) is 0 Å². The highest BCUT2D eigenvalue weighted by Crippen LogP contribution is 2.20. The maximum absolute atomic E-state index is 11.6. The van der Waals surface area contributed by atoms with Crippen molar-refractivity contribution in [2.24, 2.45) is 10.2 Å². The minimum Gasteiger partial charge on any atom is -0.324 e. The minimum atomic E-state index is -3.81. The minimum absolute atomic E-state index is 0.00109. The summed E-state index contributed by atoms with van der Waals surface area (Å²) in [6.45, 7) is 0. The van der Waals surface area contributed by atoms with Gasteiger partial charge < -0.3 is 10.6 Å². The van der Waals surface area contributed by atoms with E-state index in [2.05, 4.69) is 36.1 Å². The van der Waals surface area contributed by atoms with Crippen LogP contribution < -0.4 is 21.2 Å². The lowest BCUT2D eigenvalue weighted by Crippen LogP contribution is -2.12. The van der Waals surface area contributed by atoms with Crippen molar-refractivity contribution >= 4 is 45.0 Å². The highest BCUT2D eigenvalue weighted by molar-refractivity contribution is 7.89. The largest absolute Gasteiger partial charge is 0.324 e. The number of hydrogen-bond acceptors (Lipinski definition) is 9. The van der Waals surface area contributed by atoms with Crippen molar-refractivity contribution in [1.82, 2.24) is 15.0 Å². The topological polar surface area (TPSA) is 147 Å². The lowest BCUT2D eigenvalue weighted by atomic mass is 10.0. The summed E-state index contributed by atoms with van der Waals surface area (Å²) in [6, 6.07) is 35.0. The molecule has 0 spiro atoms. The number of benzene rings is 4. The Morgan fingerprint density at radius 1 is 0.590 bits per heavy atom. The van der Waals surface area contributed by atoms with Gasteiger partial charge in [-0.3, -0.25) is 0 Å². The van der Waals surface area contributed by atoms with E-state index in [4.69, 9.17) is 5.14 Å². The average Bonchev–Trinajstić information content (AvgIpc) is 2.95. The Bertz CT molecular complexity index is 1640. The zero-order chi connectivity index (χ0) is 27.1. The van der Waals surface area contributed by atoms with E-state index in [1.54, 1.807) is 12.1 Å². The molecule has 0 saturated carbocycles. The first-order valence-corrected chi connectivity index (χ1v) is 13.4. The molecule has 0 saturated heterocycles. The number of nitrogens with zero attached hydrogens (tertiary/aromatic N) is 4. The fourth-order valence-corrected chi connectivity index (χ4v) is 4.15. The Morgan fingerprint density at radius 2 is 1.03 bits per heavy atom. The fourth-order valence-electron chi connectivity index (χ4n) is 3.64. The Kier molecular flexibility index (Phi) is 7.53. The monoisotopic (exact) mass is 536 g/mol. The van der Waals surface area contributed by atoms with Crippen LogP contribution >= 0.6 is 0 Å². The Labute approximate surface area is 225 Å². The van der Waals surface area contributed by atoms with E-state index in [0.29, 0.717) is 11.4 Å². The van der Waals surface area contributed by atoms with E-state index >= 15 is 0 Å². The summed E-state index contributed by atoms with van der Waals surface area (Å²) in [5.74, 6) is 0.681. The molecule has 11 heteroatoms. The Balaban J connectivity index is 1.49. The van der Waals surface area contributed by atoms with Crippen LogP contribution in [0.5, 0.6) is 0 Å². The van der Waals surface area contributed by atoms with Crippen molar-refractivity contribution in [1.29, 1.82) is 0 Å². The molecule has 0 unspecified atom stereocenters. The van der Waals surface area contributed by atoms with Gasteiger partial charge in [-0.15, -0.1) is 0 Å². The molecular formula is C28H24N8O2S. The van der Waals surface area contributed by atoms with Gasteiger partial charge in [0.05, 0.1) is 10.6 Å². The fraction of sp³-hybridized carbons (Fsp3) is 0. The van der Waals surface area contributed by atoms with Gasteiger partial charge in [-0.2, -0.15) is 20.1 Å². The smallest absolute Gasteiger partial charge is 0.250 e. The van der Waals surface area contributed by atoms with Crippen LogP contribution in [0, 0.1) is 0 Å². The number of hydrogen-bond donors (Lipinski definition) is 4. The molecule has 0 atom stereocenters. The molecule has 1 aromatic heterocycles. The van der Waals surface area contributed by atoms with Crippen LogP contribution in [0.15, 0.2) is 125 Å². The van der Waals surface area contributed by atoms with Gasteiger partial charge in [0.25, 0.3) is 0 Å². The van der Waals surface area contributed by atoms with Gasteiger partial charge in [-0.05, 0) is 36.4 Å². The SMILES string of the molecule is NS(=O)(=O)c1ccc(Nc2nc(NN=C(c3ccccc3)c3ccccc3)nc(Nc3ccccc3)n2)cc1. The number of primary sulfonamides is 1. The summed E-state index contributed by atoms with van der Waals surface area (Å²) >= 11 is 0. The summed E-state index contributed by atoms with van der Waals surface area (Å²) in [7, 11) is -3.81. The van der Waals surface area contributed by atoms with Crippen LogP contribution in [-0.4, -0.2) is 29.1 Å². The maximum Gasteiger partial charge on any atom is 0.250 e. The van der Waals surface area contributed by atoms with Crippen molar-refractivity contribution < 1.29 is 8.42 Å². The van der Waals surface area contributed by atoms with Crippen LogP contribution in [0.4, 0.5) is 29.2 Å². The second-order valence-corrected chi connectivity index (χ2v) is 9.86. The molecule has 0 aliphatic heterocycles. The second-order valence-electron chi connectivity index (χ2n) is 8.30. The van der Waals surface area contributed by atoms with Crippen molar-refractivity contribution in [2.75, 3.05) is 16.1 Å². The van der Waals surface area contributed by atoms with E-state index in [0.717, 1.165) is 16.8 Å². The number of anilines is 5. The average molecular weight is 537 g/mol. The number of sulfonamides is 1. The van der Waals surface area contributed by atoms with Gasteiger partial charge in [-0.25, -0.2) is 19.0 Å². The molecule has 5 aromatic rings. The van der Waals surface area contributed by atoms with Crippen LogP contribution in [0.25, 0.3) is 0 Å². The molecule has 10 nitrogen and oxygen atoms in total. The number of para-hydroxylation sites is 1. The molecule has 0 radical (unpaired) electrons. The predicted molar refractivity (Wildman–Crippen MR) is 153 cm³/mol. The first-order valence-electron chi connectivity index (χ1n) is 11.9. The lowest BCUT2D eigenvalue weighted by molar-refractivity contribution is 0.598. The summed E-state index contributed by atoms with van der Waals surface area (Å²) in [4.78, 5) is 13.4. The van der Waals surface area contributed by atoms with Crippen molar-refractivity contribution in [3.8, 4) is 0 Å². The summed E-state index contributed by atoms with van der Waals surface area (Å²) in [5.41, 5.74) is 6.87. The Hall–Kier alpha value is -5.13. The number of rotatable bonds is 9. The Morgan fingerprint density at radius 3 is 1.51 bits per heavy atom. The van der Waals surface area contributed by atoms with Gasteiger partial charge in [0.15, 0.2) is 0 Å². The molecule has 0 amide bonds. The molecule has 0 aliphatic rings.